The molecule has 1 heterocycles. The maximum Gasteiger partial charge on any atom is 0.344 e. The van der Waals surface area contributed by atoms with Crippen molar-refractivity contribution in [2.24, 2.45) is 0 Å². The van der Waals surface area contributed by atoms with Crippen LogP contribution in [0.3, 0.4) is 0 Å². The molecule has 3 rings (SSSR count). The van der Waals surface area contributed by atoms with Crippen molar-refractivity contribution < 1.29 is 24.0 Å². The Morgan fingerprint density at radius 1 is 1.13 bits per heavy atom. The summed E-state index contributed by atoms with van der Waals surface area (Å²) in [5.74, 6) is -0.127. The lowest BCUT2D eigenvalue weighted by Crippen LogP contribution is -3.09. The highest BCUT2D eigenvalue weighted by Crippen LogP contribution is 2.31. The second kappa shape index (κ2) is 8.96. The van der Waals surface area contributed by atoms with Gasteiger partial charge in [0.15, 0.2) is 6.54 Å². The number of likely N-dealkylation sites (N-methyl/N-ethyl adjacent to an activating group) is 1. The van der Waals surface area contributed by atoms with Crippen LogP contribution in [0.4, 0.5) is 4.79 Å². The number of rotatable bonds is 8. The van der Waals surface area contributed by atoms with Crippen LogP contribution < -0.4 is 20.4 Å². The van der Waals surface area contributed by atoms with Crippen molar-refractivity contribution >= 4 is 17.8 Å². The maximum atomic E-state index is 13.1. The van der Waals surface area contributed by atoms with Gasteiger partial charge in [-0.3, -0.25) is 15.0 Å². The van der Waals surface area contributed by atoms with Crippen molar-refractivity contribution in [1.29, 1.82) is 0 Å². The van der Waals surface area contributed by atoms with Gasteiger partial charge in [-0.2, -0.15) is 5.01 Å². The fourth-order valence-electron chi connectivity index (χ4n) is 3.63. The Balaban J connectivity index is 1.63. The maximum absolute atomic E-state index is 13.1. The van der Waals surface area contributed by atoms with E-state index in [1.54, 1.807) is 19.2 Å². The molecule has 1 aliphatic rings. The van der Waals surface area contributed by atoms with E-state index >= 15 is 0 Å². The molecule has 1 unspecified atom stereocenters. The molecule has 3 N–H and O–H groups in total. The first kappa shape index (κ1) is 21.3. The number of urea groups is 1. The van der Waals surface area contributed by atoms with Gasteiger partial charge >= 0.3 is 6.03 Å². The van der Waals surface area contributed by atoms with Gasteiger partial charge in [0.2, 0.25) is 0 Å². The topological polar surface area (TPSA) is 92.2 Å². The highest BCUT2D eigenvalue weighted by molar-refractivity contribution is 6.08. The molecule has 2 aromatic carbocycles. The summed E-state index contributed by atoms with van der Waals surface area (Å²) in [6.45, 7) is 2.54. The van der Waals surface area contributed by atoms with Gasteiger partial charge in [0.25, 0.3) is 11.8 Å². The number of ether oxygens (including phenoxy) is 1. The quantitative estimate of drug-likeness (QED) is 0.555. The number of imide groups is 1. The minimum atomic E-state index is -1.17. The van der Waals surface area contributed by atoms with Crippen LogP contribution in [0.15, 0.2) is 54.6 Å². The van der Waals surface area contributed by atoms with E-state index in [2.05, 4.69) is 10.7 Å². The van der Waals surface area contributed by atoms with E-state index in [9.17, 15) is 14.4 Å². The molecule has 1 saturated heterocycles. The number of quaternary nitrogens is 1. The van der Waals surface area contributed by atoms with Gasteiger partial charge in [-0.15, -0.1) is 0 Å². The third-order valence-electron chi connectivity index (χ3n) is 5.25. The number of benzene rings is 2. The molecule has 0 saturated carbocycles. The van der Waals surface area contributed by atoms with E-state index in [0.717, 1.165) is 21.2 Å². The molecule has 2 aromatic rings. The molecular weight excluding hydrogens is 384 g/mol. The lowest BCUT2D eigenvalue weighted by Gasteiger charge is -2.25. The molecule has 0 bridgehead atoms. The average Bonchev–Trinajstić information content (AvgIpc) is 3.00. The number of hydrogen-bond acceptors (Lipinski definition) is 4. The van der Waals surface area contributed by atoms with Gasteiger partial charge in [-0.25, -0.2) is 4.79 Å². The predicted molar refractivity (Wildman–Crippen MR) is 110 cm³/mol. The van der Waals surface area contributed by atoms with Crippen LogP contribution in [0.5, 0.6) is 5.75 Å². The van der Waals surface area contributed by atoms with Crippen LogP contribution in [0, 0.1) is 0 Å². The molecule has 0 aliphatic carbocycles. The van der Waals surface area contributed by atoms with Gasteiger partial charge in [0.05, 0.1) is 14.2 Å². The summed E-state index contributed by atoms with van der Waals surface area (Å²) < 4.78 is 5.14. The van der Waals surface area contributed by atoms with Crippen molar-refractivity contribution in [1.82, 2.24) is 15.8 Å². The smallest absolute Gasteiger partial charge is 0.344 e. The number of methoxy groups -OCH3 is 1. The van der Waals surface area contributed by atoms with Gasteiger partial charge in [0, 0.05) is 5.56 Å². The summed E-state index contributed by atoms with van der Waals surface area (Å²) in [5.41, 5.74) is 3.02. The zero-order chi connectivity index (χ0) is 21.7. The largest absolute Gasteiger partial charge is 0.497 e. The van der Waals surface area contributed by atoms with Crippen molar-refractivity contribution in [3.8, 4) is 5.75 Å². The normalized spacial score (nSPS) is 19.4. The molecule has 30 heavy (non-hydrogen) atoms. The minimum Gasteiger partial charge on any atom is -0.497 e. The first-order valence-electron chi connectivity index (χ1n) is 9.85. The second-order valence-corrected chi connectivity index (χ2v) is 7.39. The molecule has 8 nitrogen and oxygen atoms in total. The van der Waals surface area contributed by atoms with Gasteiger partial charge < -0.3 is 15.0 Å². The molecule has 8 heteroatoms. The number of amides is 4. The van der Waals surface area contributed by atoms with E-state index in [1.807, 2.05) is 56.4 Å². The molecule has 4 amide bonds. The Kier molecular flexibility index (Phi) is 6.37. The standard InChI is InChI=1S/C22H26N4O4/c1-4-22(17-8-6-5-7-9-17)20(28)26(21(29)23-22)24-19(27)15-25(2)14-16-10-12-18(30-3)13-11-16/h5-13H,4,14-15H2,1-3H3,(H,23,29)(H,24,27)/p+1/t22-/m0/s1. The first-order chi connectivity index (χ1) is 14.4. The SMILES string of the molecule is CC[C@@]1(c2ccccc2)NC(=O)N(NC(=O)C[NH+](C)Cc2ccc(OC)cc2)C1=O. The predicted octanol–water partition coefficient (Wildman–Crippen LogP) is 0.598. The number of hydrogen-bond donors (Lipinski definition) is 3. The first-order valence-corrected chi connectivity index (χ1v) is 9.85. The molecular formula is C22H27N4O4+. The minimum absolute atomic E-state index is 0.105. The van der Waals surface area contributed by atoms with Crippen molar-refractivity contribution in [3.63, 3.8) is 0 Å². The lowest BCUT2D eigenvalue weighted by atomic mass is 9.87. The van der Waals surface area contributed by atoms with Crippen LogP contribution in [0.2, 0.25) is 0 Å². The molecule has 158 valence electrons. The van der Waals surface area contributed by atoms with Gasteiger partial charge in [-0.05, 0) is 36.2 Å². The summed E-state index contributed by atoms with van der Waals surface area (Å²) in [5, 5.41) is 3.54. The van der Waals surface area contributed by atoms with Crippen LogP contribution in [0.25, 0.3) is 0 Å². The Bertz CT molecular complexity index is 916. The number of nitrogens with one attached hydrogen (secondary N) is 3. The van der Waals surface area contributed by atoms with Crippen LogP contribution in [0.1, 0.15) is 24.5 Å². The zero-order valence-corrected chi connectivity index (χ0v) is 17.4. The van der Waals surface area contributed by atoms with Crippen LogP contribution >= 0.6 is 0 Å². The summed E-state index contributed by atoms with van der Waals surface area (Å²) in [6, 6.07) is 16.0. The fraction of sp³-hybridized carbons (Fsp3) is 0.318. The monoisotopic (exact) mass is 411 g/mol. The van der Waals surface area contributed by atoms with E-state index in [0.29, 0.717) is 18.5 Å². The number of carbonyl (C=O) groups is 3. The molecule has 1 fully saturated rings. The average molecular weight is 411 g/mol. The van der Waals surface area contributed by atoms with Gasteiger partial charge in [-0.1, -0.05) is 37.3 Å². The molecule has 2 atom stereocenters. The van der Waals surface area contributed by atoms with E-state index in [4.69, 9.17) is 4.74 Å². The Morgan fingerprint density at radius 2 is 1.80 bits per heavy atom. The number of hydrazine groups is 1. The Hall–Kier alpha value is -3.39. The number of nitrogens with zero attached hydrogens (tertiary/aromatic N) is 1. The van der Waals surface area contributed by atoms with E-state index in [1.165, 1.54) is 0 Å². The summed E-state index contributed by atoms with van der Waals surface area (Å²) in [4.78, 5) is 38.9. The summed E-state index contributed by atoms with van der Waals surface area (Å²) in [7, 11) is 3.48. The molecule has 1 aliphatic heterocycles. The highest BCUT2D eigenvalue weighted by atomic mass is 16.5. The molecule has 0 aromatic heterocycles. The lowest BCUT2D eigenvalue weighted by molar-refractivity contribution is -0.885. The van der Waals surface area contributed by atoms with Crippen LogP contribution in [-0.2, 0) is 21.7 Å². The van der Waals surface area contributed by atoms with Gasteiger partial charge in [0.1, 0.15) is 17.8 Å². The molecule has 0 spiro atoms. The third kappa shape index (κ3) is 4.28. The second-order valence-electron chi connectivity index (χ2n) is 7.39. The Morgan fingerprint density at radius 3 is 2.40 bits per heavy atom. The zero-order valence-electron chi connectivity index (χ0n) is 17.4. The van der Waals surface area contributed by atoms with E-state index in [-0.39, 0.29) is 6.54 Å². The highest BCUT2D eigenvalue weighted by Gasteiger charge is 2.52. The summed E-state index contributed by atoms with van der Waals surface area (Å²) >= 11 is 0. The summed E-state index contributed by atoms with van der Waals surface area (Å²) in [6.07, 6.45) is 0.372. The van der Waals surface area contributed by atoms with Crippen molar-refractivity contribution in [3.05, 3.63) is 65.7 Å². The number of carbonyl (C=O) groups excluding carboxylic acids is 3. The Labute approximate surface area is 175 Å². The third-order valence-corrected chi connectivity index (χ3v) is 5.25. The van der Waals surface area contributed by atoms with Crippen LogP contribution in [-0.4, -0.2) is 43.6 Å². The van der Waals surface area contributed by atoms with Crippen molar-refractivity contribution in [2.45, 2.75) is 25.4 Å². The van der Waals surface area contributed by atoms with E-state index < -0.39 is 23.4 Å². The molecule has 0 radical (unpaired) electrons. The fourth-order valence-corrected chi connectivity index (χ4v) is 3.63. The van der Waals surface area contributed by atoms with Crippen molar-refractivity contribution in [2.75, 3.05) is 20.7 Å².